The van der Waals surface area contributed by atoms with E-state index in [1.54, 1.807) is 0 Å². The number of rotatable bonds is 3. The van der Waals surface area contributed by atoms with Gasteiger partial charge >= 0.3 is 12.2 Å². The van der Waals surface area contributed by atoms with Crippen molar-refractivity contribution in [2.45, 2.75) is 19.1 Å². The van der Waals surface area contributed by atoms with Crippen molar-refractivity contribution < 1.29 is 32.8 Å². The first-order valence-electron chi connectivity index (χ1n) is 7.69. The van der Waals surface area contributed by atoms with Crippen LogP contribution in [0.5, 0.6) is 5.75 Å². The maximum absolute atomic E-state index is 13.5. The van der Waals surface area contributed by atoms with Crippen molar-refractivity contribution >= 4 is 17.9 Å². The van der Waals surface area contributed by atoms with E-state index in [4.69, 9.17) is 9.47 Å². The van der Waals surface area contributed by atoms with Crippen LogP contribution in [0.15, 0.2) is 42.5 Å². The summed E-state index contributed by atoms with van der Waals surface area (Å²) in [5.74, 6) is -2.25. The summed E-state index contributed by atoms with van der Waals surface area (Å²) >= 11 is 0. The zero-order valence-electron chi connectivity index (χ0n) is 13.8. The maximum atomic E-state index is 13.5. The minimum atomic E-state index is -1.14. The Kier molecular flexibility index (Phi) is 4.72. The van der Waals surface area contributed by atoms with Crippen molar-refractivity contribution in [2.75, 3.05) is 0 Å². The average Bonchev–Trinajstić information content (AvgIpc) is 2.92. The lowest BCUT2D eigenvalue weighted by molar-refractivity contribution is -0.384. The predicted octanol–water partition coefficient (Wildman–Crippen LogP) is 3.95. The highest BCUT2D eigenvalue weighted by molar-refractivity contribution is 5.91. The van der Waals surface area contributed by atoms with E-state index in [9.17, 15) is 28.5 Å². The number of non-ortho nitro benzene ring substituents is 1. The third kappa shape index (κ3) is 3.54. The van der Waals surface area contributed by atoms with Crippen LogP contribution in [0.4, 0.5) is 24.1 Å². The van der Waals surface area contributed by atoms with Gasteiger partial charge in [0.25, 0.3) is 5.69 Å². The first-order valence-corrected chi connectivity index (χ1v) is 7.69. The van der Waals surface area contributed by atoms with Crippen molar-refractivity contribution in [3.05, 3.63) is 69.8 Å². The molecule has 0 radical (unpaired) electrons. The summed E-state index contributed by atoms with van der Waals surface area (Å²) in [5, 5.41) is 10.6. The van der Waals surface area contributed by atoms with Gasteiger partial charge in [0.05, 0.1) is 4.92 Å². The summed E-state index contributed by atoms with van der Waals surface area (Å²) < 4.78 is 36.8. The molecule has 0 bridgehead atoms. The van der Waals surface area contributed by atoms with Crippen molar-refractivity contribution in [1.29, 1.82) is 0 Å². The van der Waals surface area contributed by atoms with Gasteiger partial charge < -0.3 is 9.47 Å². The molecule has 1 aliphatic heterocycles. The van der Waals surface area contributed by atoms with Crippen LogP contribution in [0.2, 0.25) is 0 Å². The van der Waals surface area contributed by atoms with Gasteiger partial charge in [-0.05, 0) is 36.8 Å². The molecule has 3 rings (SSSR count). The van der Waals surface area contributed by atoms with E-state index in [1.807, 2.05) is 0 Å². The molecule has 140 valence electrons. The SMILES string of the molecule is CC1OC(=O)N(C(=O)Oc2ccc([N+](=O)[O-])cc2)C1c1ccc(F)c(F)c1. The van der Waals surface area contributed by atoms with Crippen LogP contribution in [-0.2, 0) is 4.74 Å². The Morgan fingerprint density at radius 1 is 1.19 bits per heavy atom. The molecule has 2 aromatic carbocycles. The Morgan fingerprint density at radius 2 is 1.85 bits per heavy atom. The summed E-state index contributed by atoms with van der Waals surface area (Å²) in [4.78, 5) is 35.1. The molecule has 0 spiro atoms. The number of cyclic esters (lactones) is 1. The van der Waals surface area contributed by atoms with Crippen LogP contribution in [0.3, 0.4) is 0 Å². The second-order valence-electron chi connectivity index (χ2n) is 5.70. The molecular formula is C17H12F2N2O6. The second kappa shape index (κ2) is 6.98. The lowest BCUT2D eigenvalue weighted by atomic mass is 10.0. The number of halogens is 2. The second-order valence-corrected chi connectivity index (χ2v) is 5.70. The largest absolute Gasteiger partial charge is 0.443 e. The fourth-order valence-electron chi connectivity index (χ4n) is 2.69. The average molecular weight is 378 g/mol. The van der Waals surface area contributed by atoms with E-state index in [2.05, 4.69) is 0 Å². The Bertz CT molecular complexity index is 918. The van der Waals surface area contributed by atoms with Gasteiger partial charge in [-0.3, -0.25) is 10.1 Å². The minimum absolute atomic E-state index is 0.0398. The number of hydrogen-bond donors (Lipinski definition) is 0. The number of imide groups is 1. The molecule has 0 N–H and O–H groups in total. The molecule has 0 saturated carbocycles. The van der Waals surface area contributed by atoms with E-state index >= 15 is 0 Å². The van der Waals surface area contributed by atoms with Crippen LogP contribution < -0.4 is 4.74 Å². The smallest absolute Gasteiger partial charge is 0.425 e. The fraction of sp³-hybridized carbons (Fsp3) is 0.176. The van der Waals surface area contributed by atoms with Crippen molar-refractivity contribution in [1.82, 2.24) is 4.90 Å². The van der Waals surface area contributed by atoms with Crippen molar-refractivity contribution in [3.63, 3.8) is 0 Å². The summed E-state index contributed by atoms with van der Waals surface area (Å²) in [6, 6.07) is 6.57. The summed E-state index contributed by atoms with van der Waals surface area (Å²) in [5.41, 5.74) is -0.0587. The number of ether oxygens (including phenoxy) is 2. The van der Waals surface area contributed by atoms with Crippen LogP contribution in [-0.4, -0.2) is 28.1 Å². The van der Waals surface area contributed by atoms with E-state index in [-0.39, 0.29) is 17.0 Å². The van der Waals surface area contributed by atoms with Gasteiger partial charge in [-0.15, -0.1) is 0 Å². The molecule has 1 fully saturated rings. The number of hydrogen-bond acceptors (Lipinski definition) is 6. The lowest BCUT2D eigenvalue weighted by Gasteiger charge is -2.21. The highest BCUT2D eigenvalue weighted by Gasteiger charge is 2.45. The number of nitro benzene ring substituents is 1. The van der Waals surface area contributed by atoms with E-state index < -0.39 is 40.9 Å². The molecule has 1 aliphatic rings. The summed E-state index contributed by atoms with van der Waals surface area (Å²) in [6.45, 7) is 1.49. The van der Waals surface area contributed by atoms with Crippen molar-refractivity contribution in [3.8, 4) is 5.75 Å². The third-order valence-corrected chi connectivity index (χ3v) is 3.94. The van der Waals surface area contributed by atoms with Crippen LogP contribution in [0.25, 0.3) is 0 Å². The van der Waals surface area contributed by atoms with Crippen LogP contribution >= 0.6 is 0 Å². The Balaban J connectivity index is 1.85. The fourth-order valence-corrected chi connectivity index (χ4v) is 2.69. The highest BCUT2D eigenvalue weighted by Crippen LogP contribution is 2.34. The standard InChI is InChI=1S/C17H12F2N2O6/c1-9-15(10-2-7-13(18)14(19)8-10)20(16(22)26-9)17(23)27-12-5-3-11(4-6-12)21(24)25/h2-9,15H,1H3. The Morgan fingerprint density at radius 3 is 2.44 bits per heavy atom. The summed E-state index contributed by atoms with van der Waals surface area (Å²) in [6.07, 6.45) is -2.95. The van der Waals surface area contributed by atoms with Gasteiger partial charge in [-0.2, -0.15) is 0 Å². The van der Waals surface area contributed by atoms with E-state index in [0.717, 1.165) is 24.3 Å². The molecular weight excluding hydrogens is 366 g/mol. The normalized spacial score (nSPS) is 18.9. The first kappa shape index (κ1) is 18.2. The first-order chi connectivity index (χ1) is 12.8. The van der Waals surface area contributed by atoms with Crippen LogP contribution in [0.1, 0.15) is 18.5 Å². The number of nitrogens with zero attached hydrogens (tertiary/aromatic N) is 2. The third-order valence-electron chi connectivity index (χ3n) is 3.94. The summed E-state index contributed by atoms with van der Waals surface area (Å²) in [7, 11) is 0. The van der Waals surface area contributed by atoms with Gasteiger partial charge in [0.1, 0.15) is 17.9 Å². The quantitative estimate of drug-likeness (QED) is 0.592. The zero-order chi connectivity index (χ0) is 19.7. The highest BCUT2D eigenvalue weighted by atomic mass is 19.2. The molecule has 10 heteroatoms. The van der Waals surface area contributed by atoms with Crippen LogP contribution in [0, 0.1) is 21.7 Å². The molecule has 0 aliphatic carbocycles. The van der Waals surface area contributed by atoms with Crippen molar-refractivity contribution in [2.24, 2.45) is 0 Å². The number of benzene rings is 2. The topological polar surface area (TPSA) is 99.0 Å². The van der Waals surface area contributed by atoms with Gasteiger partial charge in [-0.25, -0.2) is 23.3 Å². The molecule has 1 heterocycles. The van der Waals surface area contributed by atoms with Gasteiger partial charge in [0, 0.05) is 12.1 Å². The van der Waals surface area contributed by atoms with Gasteiger partial charge in [0.15, 0.2) is 11.6 Å². The molecule has 8 nitrogen and oxygen atoms in total. The lowest BCUT2D eigenvalue weighted by Crippen LogP contribution is -2.37. The maximum Gasteiger partial charge on any atom is 0.425 e. The number of nitro groups is 1. The molecule has 2 aromatic rings. The molecule has 2 amide bonds. The number of carbonyl (C=O) groups excluding carboxylic acids is 2. The monoisotopic (exact) mass is 378 g/mol. The number of carbonyl (C=O) groups is 2. The molecule has 2 unspecified atom stereocenters. The molecule has 2 atom stereocenters. The molecule has 1 saturated heterocycles. The molecule has 27 heavy (non-hydrogen) atoms. The Hall–Kier alpha value is -3.56. The van der Waals surface area contributed by atoms with Gasteiger partial charge in [-0.1, -0.05) is 6.07 Å². The zero-order valence-corrected chi connectivity index (χ0v) is 13.8. The predicted molar refractivity (Wildman–Crippen MR) is 86.0 cm³/mol. The Labute approximate surface area is 151 Å². The minimum Gasteiger partial charge on any atom is -0.443 e. The molecule has 0 aromatic heterocycles. The van der Waals surface area contributed by atoms with Gasteiger partial charge in [0.2, 0.25) is 0 Å². The van der Waals surface area contributed by atoms with E-state index in [1.165, 1.54) is 25.1 Å². The van der Waals surface area contributed by atoms with E-state index in [0.29, 0.717) is 4.90 Å². The number of amides is 2.